The number of hydrogen-bond donors (Lipinski definition) is 2. The Bertz CT molecular complexity index is 516. The van der Waals surface area contributed by atoms with Crippen LogP contribution >= 0.6 is 0 Å². The van der Waals surface area contributed by atoms with E-state index in [1.807, 2.05) is 0 Å². The van der Waals surface area contributed by atoms with E-state index < -0.39 is 0 Å². The second-order valence-electron chi connectivity index (χ2n) is 7.40. The molecule has 132 valence electrons. The van der Waals surface area contributed by atoms with Crippen LogP contribution in [0.1, 0.15) is 50.5 Å². The van der Waals surface area contributed by atoms with Crippen molar-refractivity contribution in [2.75, 3.05) is 38.0 Å². The highest BCUT2D eigenvalue weighted by Crippen LogP contribution is 2.25. The first-order valence-electron chi connectivity index (χ1n) is 9.56. The number of carbonyl (C=O) groups excluding carboxylic acids is 1. The maximum absolute atomic E-state index is 12.3. The highest BCUT2D eigenvalue weighted by Gasteiger charge is 2.21. The van der Waals surface area contributed by atoms with E-state index in [4.69, 9.17) is 0 Å². The molecule has 2 fully saturated rings. The molecular weight excluding hydrogens is 298 g/mol. The molecule has 1 atom stereocenters. The quantitative estimate of drug-likeness (QED) is 0.872. The summed E-state index contributed by atoms with van der Waals surface area (Å²) in [5.41, 5.74) is 2.29. The first kappa shape index (κ1) is 17.4. The lowest BCUT2D eigenvalue weighted by atomic mass is 9.88. The Kier molecular flexibility index (Phi) is 6.27. The van der Waals surface area contributed by atoms with Gasteiger partial charge in [0.2, 0.25) is 5.91 Å². The first-order valence-corrected chi connectivity index (χ1v) is 9.56. The Hall–Kier alpha value is -1.39. The number of benzene rings is 1. The van der Waals surface area contributed by atoms with Crippen molar-refractivity contribution in [3.8, 4) is 0 Å². The average Bonchev–Trinajstić information content (AvgIpc) is 2.64. The van der Waals surface area contributed by atoms with Crippen LogP contribution in [0.3, 0.4) is 0 Å². The topological polar surface area (TPSA) is 44.4 Å². The average molecular weight is 329 g/mol. The molecule has 1 aromatic carbocycles. The zero-order valence-corrected chi connectivity index (χ0v) is 14.9. The number of hydrogen-bond acceptors (Lipinski definition) is 3. The minimum Gasteiger partial charge on any atom is -0.326 e. The Morgan fingerprint density at radius 2 is 1.83 bits per heavy atom. The zero-order valence-electron chi connectivity index (χ0n) is 14.9. The number of nitrogens with one attached hydrogen (secondary N) is 2. The van der Waals surface area contributed by atoms with E-state index in [-0.39, 0.29) is 11.8 Å². The highest BCUT2D eigenvalue weighted by atomic mass is 16.1. The maximum atomic E-state index is 12.3. The molecule has 1 saturated heterocycles. The molecule has 4 nitrogen and oxygen atoms in total. The second-order valence-corrected chi connectivity index (χ2v) is 7.40. The van der Waals surface area contributed by atoms with Gasteiger partial charge in [-0.25, -0.2) is 0 Å². The molecule has 0 spiro atoms. The largest absolute Gasteiger partial charge is 0.326 e. The Labute approximate surface area is 146 Å². The van der Waals surface area contributed by atoms with Gasteiger partial charge in [0.25, 0.3) is 0 Å². The number of amides is 1. The van der Waals surface area contributed by atoms with Gasteiger partial charge in [0.15, 0.2) is 0 Å². The van der Waals surface area contributed by atoms with Crippen LogP contribution in [-0.2, 0) is 4.79 Å². The van der Waals surface area contributed by atoms with E-state index in [1.165, 1.54) is 24.8 Å². The predicted octanol–water partition coefficient (Wildman–Crippen LogP) is 3.21. The fourth-order valence-corrected chi connectivity index (χ4v) is 3.89. The molecule has 1 unspecified atom stereocenters. The first-order chi connectivity index (χ1) is 11.7. The third-order valence-electron chi connectivity index (χ3n) is 5.46. The Morgan fingerprint density at radius 1 is 1.17 bits per heavy atom. The molecule has 2 aliphatic rings. The summed E-state index contributed by atoms with van der Waals surface area (Å²) >= 11 is 0. The van der Waals surface area contributed by atoms with Gasteiger partial charge in [-0.2, -0.15) is 0 Å². The van der Waals surface area contributed by atoms with E-state index >= 15 is 0 Å². The van der Waals surface area contributed by atoms with E-state index in [9.17, 15) is 4.79 Å². The zero-order chi connectivity index (χ0) is 16.8. The fraction of sp³-hybridized carbons (Fsp3) is 0.650. The summed E-state index contributed by atoms with van der Waals surface area (Å²) < 4.78 is 0. The third-order valence-corrected chi connectivity index (χ3v) is 5.46. The molecule has 1 heterocycles. The second kappa shape index (κ2) is 8.63. The number of rotatable bonds is 5. The molecule has 3 rings (SSSR count). The van der Waals surface area contributed by atoms with E-state index in [1.54, 1.807) is 0 Å². The van der Waals surface area contributed by atoms with Crippen LogP contribution in [0.5, 0.6) is 0 Å². The van der Waals surface area contributed by atoms with Gasteiger partial charge in [0.1, 0.15) is 0 Å². The molecule has 1 saturated carbocycles. The summed E-state index contributed by atoms with van der Waals surface area (Å²) in [5, 5.41) is 6.50. The van der Waals surface area contributed by atoms with Gasteiger partial charge in [-0.15, -0.1) is 0 Å². The molecule has 1 aliphatic heterocycles. The fourth-order valence-electron chi connectivity index (χ4n) is 3.89. The molecule has 0 aromatic heterocycles. The SMILES string of the molecule is CC(CN1CCNCC1)c1ccc(NC(=O)C2CCCCC2)cc1. The van der Waals surface area contributed by atoms with E-state index in [0.717, 1.165) is 51.3 Å². The van der Waals surface area contributed by atoms with Crippen LogP contribution < -0.4 is 10.6 Å². The number of anilines is 1. The molecule has 1 aromatic rings. The van der Waals surface area contributed by atoms with Gasteiger partial charge in [-0.1, -0.05) is 38.3 Å². The standard InChI is InChI=1S/C20H31N3O/c1-16(15-23-13-11-21-12-14-23)17-7-9-19(10-8-17)22-20(24)18-5-3-2-4-6-18/h7-10,16,18,21H,2-6,11-15H2,1H3,(H,22,24). The molecule has 2 N–H and O–H groups in total. The summed E-state index contributed by atoms with van der Waals surface area (Å²) in [5.74, 6) is 0.938. The van der Waals surface area contributed by atoms with Crippen molar-refractivity contribution in [3.63, 3.8) is 0 Å². The highest BCUT2D eigenvalue weighted by molar-refractivity contribution is 5.92. The summed E-state index contributed by atoms with van der Waals surface area (Å²) in [6.07, 6.45) is 5.77. The molecule has 1 amide bonds. The number of carbonyl (C=O) groups is 1. The van der Waals surface area contributed by atoms with Gasteiger partial charge < -0.3 is 15.5 Å². The van der Waals surface area contributed by atoms with Crippen molar-refractivity contribution < 1.29 is 4.79 Å². The van der Waals surface area contributed by atoms with Gasteiger partial charge in [0, 0.05) is 44.3 Å². The van der Waals surface area contributed by atoms with Crippen molar-refractivity contribution in [1.29, 1.82) is 0 Å². The molecule has 0 bridgehead atoms. The van der Waals surface area contributed by atoms with Crippen LogP contribution in [0.25, 0.3) is 0 Å². The third kappa shape index (κ3) is 4.81. The van der Waals surface area contributed by atoms with E-state index in [2.05, 4.69) is 46.7 Å². The van der Waals surface area contributed by atoms with E-state index in [0.29, 0.717) is 5.92 Å². The van der Waals surface area contributed by atoms with Crippen molar-refractivity contribution in [2.45, 2.75) is 44.9 Å². The van der Waals surface area contributed by atoms with Crippen molar-refractivity contribution >= 4 is 11.6 Å². The Balaban J connectivity index is 1.51. The predicted molar refractivity (Wildman–Crippen MR) is 99.4 cm³/mol. The minimum atomic E-state index is 0.205. The van der Waals surface area contributed by atoms with Gasteiger partial charge in [-0.05, 0) is 36.5 Å². The smallest absolute Gasteiger partial charge is 0.227 e. The van der Waals surface area contributed by atoms with Gasteiger partial charge in [0.05, 0.1) is 0 Å². The molecular formula is C20H31N3O. The van der Waals surface area contributed by atoms with Crippen LogP contribution in [-0.4, -0.2) is 43.5 Å². The monoisotopic (exact) mass is 329 g/mol. The summed E-state index contributed by atoms with van der Waals surface area (Å²) in [6, 6.07) is 8.46. The number of piperazine rings is 1. The van der Waals surface area contributed by atoms with Crippen molar-refractivity contribution in [2.24, 2.45) is 5.92 Å². The van der Waals surface area contributed by atoms with Crippen LogP contribution in [0.4, 0.5) is 5.69 Å². The van der Waals surface area contributed by atoms with Crippen LogP contribution in [0.15, 0.2) is 24.3 Å². The summed E-state index contributed by atoms with van der Waals surface area (Å²) in [7, 11) is 0. The lowest BCUT2D eigenvalue weighted by molar-refractivity contribution is -0.120. The summed E-state index contributed by atoms with van der Waals surface area (Å²) in [4.78, 5) is 14.9. The minimum absolute atomic E-state index is 0.205. The maximum Gasteiger partial charge on any atom is 0.227 e. The van der Waals surface area contributed by atoms with Gasteiger partial charge in [-0.3, -0.25) is 4.79 Å². The number of nitrogens with zero attached hydrogens (tertiary/aromatic N) is 1. The van der Waals surface area contributed by atoms with Crippen LogP contribution in [0, 0.1) is 5.92 Å². The molecule has 24 heavy (non-hydrogen) atoms. The molecule has 0 radical (unpaired) electrons. The van der Waals surface area contributed by atoms with Gasteiger partial charge >= 0.3 is 0 Å². The summed E-state index contributed by atoms with van der Waals surface area (Å²) in [6.45, 7) is 7.87. The lowest BCUT2D eigenvalue weighted by Crippen LogP contribution is -2.44. The molecule has 1 aliphatic carbocycles. The Morgan fingerprint density at radius 3 is 2.50 bits per heavy atom. The van der Waals surface area contributed by atoms with Crippen molar-refractivity contribution in [1.82, 2.24) is 10.2 Å². The molecule has 4 heteroatoms. The normalized spacial score (nSPS) is 21.4. The van der Waals surface area contributed by atoms with Crippen molar-refractivity contribution in [3.05, 3.63) is 29.8 Å². The van der Waals surface area contributed by atoms with Crippen LogP contribution in [0.2, 0.25) is 0 Å². The lowest BCUT2D eigenvalue weighted by Gasteiger charge is -2.29.